The molecule has 3 unspecified atom stereocenters. The van der Waals surface area contributed by atoms with Crippen molar-refractivity contribution in [3.05, 3.63) is 39.4 Å². The van der Waals surface area contributed by atoms with Crippen LogP contribution in [0, 0.1) is 22.0 Å². The molecule has 0 aromatic heterocycles. The van der Waals surface area contributed by atoms with E-state index in [1.165, 1.54) is 12.0 Å². The SMILES string of the molecule is CC(C)C1CCC2c3c([N+](=O)[O-])cccc3C21C. The summed E-state index contributed by atoms with van der Waals surface area (Å²) in [5.41, 5.74) is 2.76. The molecule has 3 atom stereocenters. The predicted octanol–water partition coefficient (Wildman–Crippen LogP) is 4.02. The first kappa shape index (κ1) is 11.7. The highest BCUT2D eigenvalue weighted by molar-refractivity contribution is 5.61. The van der Waals surface area contributed by atoms with Gasteiger partial charge < -0.3 is 0 Å². The maximum absolute atomic E-state index is 11.1. The maximum atomic E-state index is 11.1. The van der Waals surface area contributed by atoms with Gasteiger partial charge in [-0.05, 0) is 30.2 Å². The van der Waals surface area contributed by atoms with Gasteiger partial charge in [-0.2, -0.15) is 0 Å². The second kappa shape index (κ2) is 3.56. The van der Waals surface area contributed by atoms with Gasteiger partial charge in [0.15, 0.2) is 0 Å². The van der Waals surface area contributed by atoms with Gasteiger partial charge >= 0.3 is 0 Å². The normalized spacial score (nSPS) is 32.9. The van der Waals surface area contributed by atoms with Gasteiger partial charge in [0.2, 0.25) is 0 Å². The molecule has 0 aliphatic heterocycles. The average molecular weight is 245 g/mol. The fraction of sp³-hybridized carbons (Fsp3) is 0.600. The molecule has 0 radical (unpaired) electrons. The number of nitro groups is 1. The van der Waals surface area contributed by atoms with Crippen molar-refractivity contribution >= 4 is 5.69 Å². The lowest BCUT2D eigenvalue weighted by Crippen LogP contribution is -2.44. The molecule has 0 amide bonds. The van der Waals surface area contributed by atoms with Crippen LogP contribution in [0.3, 0.4) is 0 Å². The van der Waals surface area contributed by atoms with Crippen molar-refractivity contribution < 1.29 is 4.92 Å². The van der Waals surface area contributed by atoms with Gasteiger partial charge in [0, 0.05) is 23.0 Å². The molecular formula is C15H19NO2. The van der Waals surface area contributed by atoms with Gasteiger partial charge in [-0.1, -0.05) is 32.9 Å². The van der Waals surface area contributed by atoms with Crippen LogP contribution in [0.15, 0.2) is 18.2 Å². The summed E-state index contributed by atoms with van der Waals surface area (Å²) in [6.07, 6.45) is 2.31. The summed E-state index contributed by atoms with van der Waals surface area (Å²) in [5, 5.41) is 11.1. The predicted molar refractivity (Wildman–Crippen MR) is 70.8 cm³/mol. The van der Waals surface area contributed by atoms with Crippen LogP contribution in [-0.4, -0.2) is 4.92 Å². The van der Waals surface area contributed by atoms with Crippen LogP contribution in [0.1, 0.15) is 50.7 Å². The zero-order chi connectivity index (χ0) is 13.1. The molecule has 0 saturated heterocycles. The summed E-state index contributed by atoms with van der Waals surface area (Å²) < 4.78 is 0. The molecule has 2 aliphatic carbocycles. The van der Waals surface area contributed by atoms with Crippen molar-refractivity contribution in [2.75, 3.05) is 0 Å². The number of nitrogens with zero attached hydrogens (tertiary/aromatic N) is 1. The molecule has 3 rings (SSSR count). The Kier molecular flexibility index (Phi) is 2.31. The van der Waals surface area contributed by atoms with E-state index in [4.69, 9.17) is 0 Å². The van der Waals surface area contributed by atoms with E-state index in [1.54, 1.807) is 6.07 Å². The smallest absolute Gasteiger partial charge is 0.258 e. The first-order valence-corrected chi connectivity index (χ1v) is 6.75. The monoisotopic (exact) mass is 245 g/mol. The summed E-state index contributed by atoms with van der Waals surface area (Å²) in [5.74, 6) is 1.71. The lowest BCUT2D eigenvalue weighted by atomic mass is 9.54. The standard InChI is InChI=1S/C15H19NO2/c1-9(2)10-7-8-12-14-11(15(10,12)3)5-4-6-13(14)16(17)18/h4-6,9-10,12H,7-8H2,1-3H3. The van der Waals surface area contributed by atoms with E-state index in [9.17, 15) is 10.1 Å². The van der Waals surface area contributed by atoms with Gasteiger partial charge in [-0.15, -0.1) is 0 Å². The molecule has 3 heteroatoms. The van der Waals surface area contributed by atoms with Gasteiger partial charge in [-0.3, -0.25) is 10.1 Å². The molecule has 1 saturated carbocycles. The minimum atomic E-state index is -0.221. The van der Waals surface area contributed by atoms with Gasteiger partial charge in [0.1, 0.15) is 0 Å². The van der Waals surface area contributed by atoms with E-state index in [0.29, 0.717) is 23.4 Å². The quantitative estimate of drug-likeness (QED) is 0.583. The Morgan fingerprint density at radius 1 is 1.39 bits per heavy atom. The lowest BCUT2D eigenvalue weighted by Gasteiger charge is -2.49. The van der Waals surface area contributed by atoms with E-state index < -0.39 is 0 Å². The molecule has 1 aromatic carbocycles. The minimum absolute atomic E-state index is 0.176. The zero-order valence-corrected chi connectivity index (χ0v) is 11.1. The second-order valence-corrected chi connectivity index (χ2v) is 6.26. The van der Waals surface area contributed by atoms with Crippen LogP contribution >= 0.6 is 0 Å². The largest absolute Gasteiger partial charge is 0.273 e. The van der Waals surface area contributed by atoms with Crippen LogP contribution in [-0.2, 0) is 5.41 Å². The molecule has 1 aromatic rings. The summed E-state index contributed by atoms with van der Waals surface area (Å²) in [4.78, 5) is 10.9. The van der Waals surface area contributed by atoms with Crippen molar-refractivity contribution in [3.63, 3.8) is 0 Å². The van der Waals surface area contributed by atoms with E-state index in [2.05, 4.69) is 26.8 Å². The maximum Gasteiger partial charge on any atom is 0.273 e. The highest BCUT2D eigenvalue weighted by Gasteiger charge is 2.59. The summed E-state index contributed by atoms with van der Waals surface area (Å²) >= 11 is 0. The topological polar surface area (TPSA) is 43.1 Å². The highest BCUT2D eigenvalue weighted by Crippen LogP contribution is 2.66. The first-order chi connectivity index (χ1) is 8.48. The fourth-order valence-electron chi connectivity index (χ4n) is 4.53. The van der Waals surface area contributed by atoms with Crippen molar-refractivity contribution in [2.24, 2.45) is 11.8 Å². The summed E-state index contributed by atoms with van der Waals surface area (Å²) in [6.45, 7) is 6.85. The number of nitro benzene ring substituents is 1. The third-order valence-electron chi connectivity index (χ3n) is 5.27. The third-order valence-corrected chi connectivity index (χ3v) is 5.27. The molecule has 2 aliphatic rings. The number of hydrogen-bond donors (Lipinski definition) is 0. The Balaban J connectivity index is 2.13. The molecule has 0 bridgehead atoms. The second-order valence-electron chi connectivity index (χ2n) is 6.26. The molecule has 18 heavy (non-hydrogen) atoms. The Morgan fingerprint density at radius 2 is 2.11 bits per heavy atom. The average Bonchev–Trinajstić information content (AvgIpc) is 2.60. The first-order valence-electron chi connectivity index (χ1n) is 6.75. The van der Waals surface area contributed by atoms with Crippen LogP contribution in [0.2, 0.25) is 0 Å². The molecule has 0 N–H and O–H groups in total. The van der Waals surface area contributed by atoms with E-state index in [-0.39, 0.29) is 10.3 Å². The minimum Gasteiger partial charge on any atom is -0.258 e. The van der Waals surface area contributed by atoms with Crippen molar-refractivity contribution in [1.29, 1.82) is 0 Å². The van der Waals surface area contributed by atoms with Gasteiger partial charge in [0.05, 0.1) is 4.92 Å². The van der Waals surface area contributed by atoms with Crippen LogP contribution in [0.5, 0.6) is 0 Å². The Morgan fingerprint density at radius 3 is 2.72 bits per heavy atom. The van der Waals surface area contributed by atoms with Crippen molar-refractivity contribution in [2.45, 2.75) is 44.9 Å². The van der Waals surface area contributed by atoms with Gasteiger partial charge in [0.25, 0.3) is 5.69 Å². The number of benzene rings is 1. The summed E-state index contributed by atoms with van der Waals surface area (Å²) in [6, 6.07) is 5.59. The molecular weight excluding hydrogens is 226 g/mol. The molecule has 96 valence electrons. The van der Waals surface area contributed by atoms with Crippen LogP contribution < -0.4 is 0 Å². The van der Waals surface area contributed by atoms with Crippen LogP contribution in [0.25, 0.3) is 0 Å². The van der Waals surface area contributed by atoms with Crippen molar-refractivity contribution in [3.8, 4) is 0 Å². The molecule has 0 heterocycles. The van der Waals surface area contributed by atoms with Crippen LogP contribution in [0.4, 0.5) is 5.69 Å². The van der Waals surface area contributed by atoms with Crippen molar-refractivity contribution in [1.82, 2.24) is 0 Å². The molecule has 3 nitrogen and oxygen atoms in total. The lowest BCUT2D eigenvalue weighted by molar-refractivity contribution is -0.386. The molecule has 1 fully saturated rings. The number of rotatable bonds is 2. The highest BCUT2D eigenvalue weighted by atomic mass is 16.6. The zero-order valence-electron chi connectivity index (χ0n) is 11.1. The summed E-state index contributed by atoms with van der Waals surface area (Å²) in [7, 11) is 0. The van der Waals surface area contributed by atoms with E-state index in [0.717, 1.165) is 12.0 Å². The number of hydrogen-bond acceptors (Lipinski definition) is 2. The van der Waals surface area contributed by atoms with Gasteiger partial charge in [-0.25, -0.2) is 0 Å². The molecule has 0 spiro atoms. The Labute approximate surface area is 107 Å². The van der Waals surface area contributed by atoms with E-state index >= 15 is 0 Å². The number of fused-ring (bicyclic) bond motifs is 4. The Hall–Kier alpha value is -1.38. The Bertz CT molecular complexity index is 523. The third kappa shape index (κ3) is 1.20. The fourth-order valence-corrected chi connectivity index (χ4v) is 4.53. The van der Waals surface area contributed by atoms with E-state index in [1.807, 2.05) is 6.07 Å².